The van der Waals surface area contributed by atoms with Crippen LogP contribution in [-0.4, -0.2) is 12.4 Å². The maximum Gasteiger partial charge on any atom is 0.411 e. The molecular weight excluding hydrogens is 320 g/mol. The fourth-order valence-electron chi connectivity index (χ4n) is 2.30. The molecule has 7 heteroatoms. The fourth-order valence-corrected chi connectivity index (χ4v) is 2.30. The van der Waals surface area contributed by atoms with Crippen LogP contribution in [0.1, 0.15) is 12.5 Å². The van der Waals surface area contributed by atoms with E-state index < -0.39 is 28.9 Å². The number of allylic oxidation sites excluding steroid dienone is 4. The van der Waals surface area contributed by atoms with Crippen LogP contribution in [0.2, 0.25) is 0 Å². The molecule has 0 aromatic heterocycles. The third-order valence-corrected chi connectivity index (χ3v) is 3.28. The molecule has 0 spiro atoms. The van der Waals surface area contributed by atoms with E-state index in [1.807, 2.05) is 0 Å². The van der Waals surface area contributed by atoms with Gasteiger partial charge in [-0.1, -0.05) is 49.1 Å². The number of hydrogen-bond donors (Lipinski definition) is 1. The zero-order valence-corrected chi connectivity index (χ0v) is 12.2. The minimum atomic E-state index is -5.60. The largest absolute Gasteiger partial charge is 0.411 e. The van der Waals surface area contributed by atoms with Gasteiger partial charge in [0.15, 0.2) is 0 Å². The Morgan fingerprint density at radius 3 is 1.78 bits per heavy atom. The standard InChI is InChI=1S/C16H15F6N/c1-3-12(10-9-11(2)23)14(15(17,18)19,16(20,21)22)13-7-5-4-6-8-13/h3-10H,2,23H2,1H3/b10-9-,12-3+. The van der Waals surface area contributed by atoms with Crippen LogP contribution in [0.25, 0.3) is 0 Å². The maximum absolute atomic E-state index is 13.7. The SMILES string of the molecule is C=C(N)/C=C\C(=C/C)C(c1ccccc1)(C(F)(F)F)C(F)(F)F. The molecule has 126 valence electrons. The number of alkyl halides is 6. The zero-order valence-electron chi connectivity index (χ0n) is 12.2. The molecular formula is C16H15F6N. The van der Waals surface area contributed by atoms with Crippen molar-refractivity contribution in [2.24, 2.45) is 5.73 Å². The lowest BCUT2D eigenvalue weighted by molar-refractivity contribution is -0.289. The van der Waals surface area contributed by atoms with E-state index in [1.165, 1.54) is 6.07 Å². The predicted octanol–water partition coefficient (Wildman–Crippen LogP) is 5.02. The predicted molar refractivity (Wildman–Crippen MR) is 76.5 cm³/mol. The Kier molecular flexibility index (Phi) is 5.35. The highest BCUT2D eigenvalue weighted by Gasteiger charge is 2.72. The normalized spacial score (nSPS) is 14.3. The zero-order chi connectivity index (χ0) is 17.9. The van der Waals surface area contributed by atoms with E-state index in [0.717, 1.165) is 43.3 Å². The molecule has 0 saturated heterocycles. The van der Waals surface area contributed by atoms with E-state index in [2.05, 4.69) is 6.58 Å². The molecule has 0 aliphatic carbocycles. The van der Waals surface area contributed by atoms with Crippen molar-refractivity contribution in [2.45, 2.75) is 24.7 Å². The average molecular weight is 335 g/mol. The van der Waals surface area contributed by atoms with Gasteiger partial charge in [-0.25, -0.2) is 0 Å². The topological polar surface area (TPSA) is 26.0 Å². The number of halogens is 6. The Hall–Kier alpha value is -2.18. The average Bonchev–Trinajstić information content (AvgIpc) is 2.41. The first-order valence-electron chi connectivity index (χ1n) is 6.46. The molecule has 1 aromatic rings. The highest BCUT2D eigenvalue weighted by molar-refractivity contribution is 5.47. The third kappa shape index (κ3) is 3.43. The van der Waals surface area contributed by atoms with Crippen LogP contribution in [0, 0.1) is 0 Å². The van der Waals surface area contributed by atoms with Gasteiger partial charge in [0.25, 0.3) is 0 Å². The molecule has 0 unspecified atom stereocenters. The third-order valence-electron chi connectivity index (χ3n) is 3.28. The second kappa shape index (κ2) is 6.52. The Morgan fingerprint density at radius 2 is 1.43 bits per heavy atom. The van der Waals surface area contributed by atoms with Gasteiger partial charge in [-0.3, -0.25) is 0 Å². The van der Waals surface area contributed by atoms with Crippen LogP contribution in [-0.2, 0) is 5.41 Å². The van der Waals surface area contributed by atoms with Crippen LogP contribution in [0.3, 0.4) is 0 Å². The van der Waals surface area contributed by atoms with E-state index in [-0.39, 0.29) is 5.70 Å². The van der Waals surface area contributed by atoms with E-state index in [1.54, 1.807) is 0 Å². The molecule has 2 N–H and O–H groups in total. The van der Waals surface area contributed by atoms with Crippen molar-refractivity contribution in [1.82, 2.24) is 0 Å². The quantitative estimate of drug-likeness (QED) is 0.606. The summed E-state index contributed by atoms with van der Waals surface area (Å²) in [4.78, 5) is 0. The van der Waals surface area contributed by atoms with E-state index in [9.17, 15) is 26.3 Å². The lowest BCUT2D eigenvalue weighted by atomic mass is 9.72. The van der Waals surface area contributed by atoms with Crippen molar-refractivity contribution in [2.75, 3.05) is 0 Å². The summed E-state index contributed by atoms with van der Waals surface area (Å²) in [7, 11) is 0. The van der Waals surface area contributed by atoms with Crippen LogP contribution in [0.15, 0.2) is 66.4 Å². The van der Waals surface area contributed by atoms with E-state index >= 15 is 0 Å². The van der Waals surface area contributed by atoms with Crippen LogP contribution >= 0.6 is 0 Å². The Morgan fingerprint density at radius 1 is 0.957 bits per heavy atom. The first kappa shape index (κ1) is 18.9. The van der Waals surface area contributed by atoms with Crippen molar-refractivity contribution in [3.8, 4) is 0 Å². The molecule has 0 aliphatic rings. The first-order valence-corrected chi connectivity index (χ1v) is 6.46. The number of rotatable bonds is 4. The molecule has 0 aliphatic heterocycles. The summed E-state index contributed by atoms with van der Waals surface area (Å²) in [6, 6.07) is 5.19. The molecule has 1 rings (SSSR count). The van der Waals surface area contributed by atoms with Crippen molar-refractivity contribution in [3.63, 3.8) is 0 Å². The van der Waals surface area contributed by atoms with Gasteiger partial charge in [-0.05, 0) is 24.1 Å². The van der Waals surface area contributed by atoms with Gasteiger partial charge in [-0.15, -0.1) is 0 Å². The molecule has 0 atom stereocenters. The van der Waals surface area contributed by atoms with Gasteiger partial charge in [0, 0.05) is 5.70 Å². The lowest BCUT2D eigenvalue weighted by Gasteiger charge is -2.39. The molecule has 0 heterocycles. The molecule has 0 radical (unpaired) electrons. The monoisotopic (exact) mass is 335 g/mol. The molecule has 0 saturated carbocycles. The fraction of sp³-hybridized carbons (Fsp3) is 0.250. The molecule has 1 aromatic carbocycles. The minimum Gasteiger partial charge on any atom is -0.399 e. The lowest BCUT2D eigenvalue weighted by Crippen LogP contribution is -2.55. The van der Waals surface area contributed by atoms with E-state index in [4.69, 9.17) is 5.73 Å². The molecule has 0 fully saturated rings. The highest BCUT2D eigenvalue weighted by Crippen LogP contribution is 2.56. The Bertz CT molecular complexity index is 594. The Labute approximate surface area is 129 Å². The van der Waals surface area contributed by atoms with Crippen LogP contribution in [0.4, 0.5) is 26.3 Å². The van der Waals surface area contributed by atoms with E-state index in [0.29, 0.717) is 6.08 Å². The molecule has 0 amide bonds. The van der Waals surface area contributed by atoms with Crippen molar-refractivity contribution < 1.29 is 26.3 Å². The van der Waals surface area contributed by atoms with Gasteiger partial charge < -0.3 is 5.73 Å². The van der Waals surface area contributed by atoms with Crippen molar-refractivity contribution in [3.05, 3.63) is 72.0 Å². The molecule has 0 bridgehead atoms. The summed E-state index contributed by atoms with van der Waals surface area (Å²) in [5, 5.41) is 0. The smallest absolute Gasteiger partial charge is 0.399 e. The number of benzene rings is 1. The maximum atomic E-state index is 13.7. The van der Waals surface area contributed by atoms with Gasteiger partial charge in [0.2, 0.25) is 5.41 Å². The summed E-state index contributed by atoms with van der Waals surface area (Å²) < 4.78 is 82.0. The van der Waals surface area contributed by atoms with Gasteiger partial charge in [-0.2, -0.15) is 26.3 Å². The van der Waals surface area contributed by atoms with Crippen molar-refractivity contribution >= 4 is 0 Å². The van der Waals surface area contributed by atoms with Gasteiger partial charge >= 0.3 is 12.4 Å². The summed E-state index contributed by atoms with van der Waals surface area (Å²) in [6.07, 6.45) is -8.84. The number of nitrogens with two attached hydrogens (primary N) is 1. The van der Waals surface area contributed by atoms with Gasteiger partial charge in [0.1, 0.15) is 0 Å². The number of hydrogen-bond acceptors (Lipinski definition) is 1. The van der Waals surface area contributed by atoms with Crippen LogP contribution < -0.4 is 5.73 Å². The summed E-state index contributed by atoms with van der Waals surface area (Å²) in [5.41, 5.74) is -0.976. The second-order valence-corrected chi connectivity index (χ2v) is 4.76. The first-order chi connectivity index (χ1) is 10.5. The second-order valence-electron chi connectivity index (χ2n) is 4.76. The minimum absolute atomic E-state index is 0.157. The molecule has 23 heavy (non-hydrogen) atoms. The van der Waals surface area contributed by atoms with Crippen LogP contribution in [0.5, 0.6) is 0 Å². The summed E-state index contributed by atoms with van der Waals surface area (Å²) >= 11 is 0. The Balaban J connectivity index is 3.82. The highest BCUT2D eigenvalue weighted by atomic mass is 19.4. The summed E-state index contributed by atoms with van der Waals surface area (Å²) in [5.74, 6) is 0. The van der Waals surface area contributed by atoms with Gasteiger partial charge in [0.05, 0.1) is 0 Å². The molecule has 1 nitrogen and oxygen atoms in total. The summed E-state index contributed by atoms with van der Waals surface area (Å²) in [6.45, 7) is 4.35. The van der Waals surface area contributed by atoms with Crippen molar-refractivity contribution in [1.29, 1.82) is 0 Å².